The van der Waals surface area contributed by atoms with Gasteiger partial charge in [-0.05, 0) is 64.1 Å². The lowest BCUT2D eigenvalue weighted by Gasteiger charge is -2.42. The highest BCUT2D eigenvalue weighted by Crippen LogP contribution is 2.34. The molecule has 0 N–H and O–H groups in total. The molecule has 1 atom stereocenters. The molecular formula is C16H23F2N. The second-order valence-electron chi connectivity index (χ2n) is 6.43. The van der Waals surface area contributed by atoms with Crippen molar-refractivity contribution in [3.05, 3.63) is 35.5 Å². The maximum atomic E-state index is 14.1. The number of hydrogen-bond donors (Lipinski definition) is 0. The first-order valence-electron chi connectivity index (χ1n) is 7.06. The fourth-order valence-corrected chi connectivity index (χ4v) is 2.86. The molecule has 0 spiro atoms. The first kappa shape index (κ1) is 14.4. The summed E-state index contributed by atoms with van der Waals surface area (Å²) in [6, 6.07) is 0. The lowest BCUT2D eigenvalue weighted by atomic mass is 9.87. The quantitative estimate of drug-likeness (QED) is 0.674. The van der Waals surface area contributed by atoms with E-state index in [1.807, 2.05) is 6.08 Å². The molecule has 2 rings (SSSR count). The summed E-state index contributed by atoms with van der Waals surface area (Å²) < 4.78 is 27.3. The number of halogens is 2. The van der Waals surface area contributed by atoms with E-state index in [9.17, 15) is 8.78 Å². The van der Waals surface area contributed by atoms with E-state index in [2.05, 4.69) is 25.7 Å². The Morgan fingerprint density at radius 1 is 1.21 bits per heavy atom. The van der Waals surface area contributed by atoms with Crippen LogP contribution >= 0.6 is 0 Å². The van der Waals surface area contributed by atoms with Gasteiger partial charge in [-0.15, -0.1) is 0 Å². The van der Waals surface area contributed by atoms with Gasteiger partial charge in [0, 0.05) is 18.2 Å². The van der Waals surface area contributed by atoms with E-state index in [-0.39, 0.29) is 11.5 Å². The Morgan fingerprint density at radius 3 is 2.63 bits per heavy atom. The third-order valence-electron chi connectivity index (χ3n) is 4.00. The molecule has 0 aromatic rings. The van der Waals surface area contributed by atoms with Crippen LogP contribution in [-0.4, -0.2) is 23.5 Å². The Labute approximate surface area is 114 Å². The van der Waals surface area contributed by atoms with Crippen molar-refractivity contribution in [3.63, 3.8) is 0 Å². The summed E-state index contributed by atoms with van der Waals surface area (Å²) in [5.74, 6) is -0.678. The topological polar surface area (TPSA) is 3.24 Å². The van der Waals surface area contributed by atoms with Gasteiger partial charge in [0.05, 0.1) is 0 Å². The average molecular weight is 267 g/mol. The third-order valence-corrected chi connectivity index (χ3v) is 4.00. The van der Waals surface area contributed by atoms with Crippen molar-refractivity contribution in [2.75, 3.05) is 13.1 Å². The van der Waals surface area contributed by atoms with E-state index >= 15 is 0 Å². The van der Waals surface area contributed by atoms with Crippen LogP contribution in [0.2, 0.25) is 0 Å². The third kappa shape index (κ3) is 3.53. The van der Waals surface area contributed by atoms with Crippen LogP contribution in [0.15, 0.2) is 35.5 Å². The highest BCUT2D eigenvalue weighted by molar-refractivity contribution is 5.36. The van der Waals surface area contributed by atoms with E-state index in [0.717, 1.165) is 32.0 Å². The molecule has 106 valence electrons. The number of allylic oxidation sites excluding steroid dienone is 5. The van der Waals surface area contributed by atoms with Crippen LogP contribution in [-0.2, 0) is 0 Å². The predicted molar refractivity (Wildman–Crippen MR) is 75.1 cm³/mol. The Balaban J connectivity index is 2.14. The van der Waals surface area contributed by atoms with Crippen molar-refractivity contribution in [3.8, 4) is 0 Å². The van der Waals surface area contributed by atoms with Crippen LogP contribution in [0.4, 0.5) is 8.78 Å². The van der Waals surface area contributed by atoms with E-state index in [1.165, 1.54) is 6.08 Å². The summed E-state index contributed by atoms with van der Waals surface area (Å²) in [6.45, 7) is 8.47. The van der Waals surface area contributed by atoms with Gasteiger partial charge in [0.1, 0.15) is 11.7 Å². The van der Waals surface area contributed by atoms with Crippen LogP contribution in [0.3, 0.4) is 0 Å². The van der Waals surface area contributed by atoms with Crippen LogP contribution in [0.1, 0.15) is 40.0 Å². The van der Waals surface area contributed by atoms with E-state index in [1.54, 1.807) is 0 Å². The molecule has 3 heteroatoms. The van der Waals surface area contributed by atoms with Gasteiger partial charge in [0.2, 0.25) is 0 Å². The summed E-state index contributed by atoms with van der Waals surface area (Å²) in [6.07, 6.45) is 6.84. The first-order chi connectivity index (χ1) is 8.88. The minimum atomic E-state index is -0.466. The monoisotopic (exact) mass is 267 g/mol. The average Bonchev–Trinajstić information content (AvgIpc) is 2.49. The summed E-state index contributed by atoms with van der Waals surface area (Å²) in [7, 11) is 0. The van der Waals surface area contributed by atoms with Crippen molar-refractivity contribution in [1.82, 2.24) is 4.90 Å². The molecule has 0 saturated carbocycles. The zero-order valence-electron chi connectivity index (χ0n) is 12.0. The minimum Gasteiger partial charge on any atom is -0.298 e. The Hall–Kier alpha value is -0.960. The number of nitrogens with zero attached hydrogens (tertiary/aromatic N) is 1. The molecule has 1 fully saturated rings. The Morgan fingerprint density at radius 2 is 1.95 bits per heavy atom. The fourth-order valence-electron chi connectivity index (χ4n) is 2.86. The molecule has 1 nitrogen and oxygen atoms in total. The smallest absolute Gasteiger partial charge is 0.129 e. The molecule has 1 unspecified atom stereocenters. The van der Waals surface area contributed by atoms with Gasteiger partial charge < -0.3 is 0 Å². The van der Waals surface area contributed by atoms with Crippen molar-refractivity contribution >= 4 is 0 Å². The highest BCUT2D eigenvalue weighted by Gasteiger charge is 2.30. The molecule has 0 aromatic heterocycles. The summed E-state index contributed by atoms with van der Waals surface area (Å²) in [5.41, 5.74) is 0.797. The second kappa shape index (κ2) is 5.58. The molecule has 0 bridgehead atoms. The summed E-state index contributed by atoms with van der Waals surface area (Å²) >= 11 is 0. The zero-order chi connectivity index (χ0) is 14.0. The maximum Gasteiger partial charge on any atom is 0.129 e. The molecule has 2 aliphatic rings. The van der Waals surface area contributed by atoms with Gasteiger partial charge in [-0.3, -0.25) is 4.90 Å². The SMILES string of the molecule is CC(C)(C)N1CCCC(C2=CCC=C(F)C=C2F)C1. The van der Waals surface area contributed by atoms with Gasteiger partial charge >= 0.3 is 0 Å². The lowest BCUT2D eigenvalue weighted by Crippen LogP contribution is -2.47. The number of hydrogen-bond acceptors (Lipinski definition) is 1. The van der Waals surface area contributed by atoms with Gasteiger partial charge in [-0.1, -0.05) is 6.08 Å². The van der Waals surface area contributed by atoms with Gasteiger partial charge in [-0.2, -0.15) is 0 Å². The van der Waals surface area contributed by atoms with Crippen LogP contribution in [0.5, 0.6) is 0 Å². The van der Waals surface area contributed by atoms with Crippen LogP contribution in [0, 0.1) is 5.92 Å². The predicted octanol–water partition coefficient (Wildman–Crippen LogP) is 4.53. The molecule has 0 amide bonds. The number of rotatable bonds is 1. The van der Waals surface area contributed by atoms with E-state index in [0.29, 0.717) is 12.0 Å². The Kier molecular flexibility index (Phi) is 4.24. The van der Waals surface area contributed by atoms with Gasteiger partial charge in [0.25, 0.3) is 0 Å². The Bertz CT molecular complexity index is 427. The second-order valence-corrected chi connectivity index (χ2v) is 6.43. The summed E-state index contributed by atoms with van der Waals surface area (Å²) in [4.78, 5) is 2.39. The molecule has 1 aliphatic carbocycles. The molecule has 1 aliphatic heterocycles. The molecular weight excluding hydrogens is 244 g/mol. The van der Waals surface area contributed by atoms with Crippen molar-refractivity contribution < 1.29 is 8.78 Å². The molecule has 1 heterocycles. The first-order valence-corrected chi connectivity index (χ1v) is 7.06. The zero-order valence-corrected chi connectivity index (χ0v) is 12.0. The van der Waals surface area contributed by atoms with E-state index in [4.69, 9.17) is 0 Å². The number of piperidine rings is 1. The molecule has 0 radical (unpaired) electrons. The maximum absolute atomic E-state index is 14.1. The molecule has 1 saturated heterocycles. The van der Waals surface area contributed by atoms with Gasteiger partial charge in [-0.25, -0.2) is 8.78 Å². The van der Waals surface area contributed by atoms with Gasteiger partial charge in [0.15, 0.2) is 0 Å². The van der Waals surface area contributed by atoms with Crippen molar-refractivity contribution in [2.24, 2.45) is 5.92 Å². The normalized spacial score (nSPS) is 26.4. The summed E-state index contributed by atoms with van der Waals surface area (Å²) in [5, 5.41) is 0. The van der Waals surface area contributed by atoms with Crippen molar-refractivity contribution in [1.29, 1.82) is 0 Å². The fraction of sp³-hybridized carbons (Fsp3) is 0.625. The molecule has 19 heavy (non-hydrogen) atoms. The van der Waals surface area contributed by atoms with Crippen LogP contribution in [0.25, 0.3) is 0 Å². The minimum absolute atomic E-state index is 0.105. The van der Waals surface area contributed by atoms with Crippen LogP contribution < -0.4 is 0 Å². The largest absolute Gasteiger partial charge is 0.298 e. The number of likely N-dealkylation sites (tertiary alicyclic amines) is 1. The standard InChI is InChI=1S/C16H23F2N/c1-16(2,3)19-9-5-6-12(11-19)14-8-4-7-13(17)10-15(14)18/h7-8,10,12H,4-6,9,11H2,1-3H3. The highest BCUT2D eigenvalue weighted by atomic mass is 19.1. The lowest BCUT2D eigenvalue weighted by molar-refractivity contribution is 0.0885. The van der Waals surface area contributed by atoms with Crippen molar-refractivity contribution in [2.45, 2.75) is 45.6 Å². The molecule has 0 aromatic carbocycles. The van der Waals surface area contributed by atoms with E-state index < -0.39 is 11.7 Å².